The minimum atomic E-state index is 0.428. The summed E-state index contributed by atoms with van der Waals surface area (Å²) in [6.07, 6.45) is 5.21. The molecule has 0 bridgehead atoms. The largest absolute Gasteiger partial charge is 0.310 e. The molecule has 1 aliphatic carbocycles. The van der Waals surface area contributed by atoms with Crippen molar-refractivity contribution in [3.05, 3.63) is 65.5 Å². The molecule has 2 heteroatoms. The topological polar surface area (TPSA) is 24.9 Å². The molecule has 1 aliphatic rings. The van der Waals surface area contributed by atoms with E-state index in [4.69, 9.17) is 0 Å². The van der Waals surface area contributed by atoms with Crippen LogP contribution in [-0.4, -0.2) is 11.5 Å². The lowest BCUT2D eigenvalue weighted by atomic mass is 9.99. The summed E-state index contributed by atoms with van der Waals surface area (Å²) in [7, 11) is 0. The minimum Gasteiger partial charge on any atom is -0.310 e. The number of rotatable bonds is 5. The average molecular weight is 266 g/mol. The van der Waals surface area contributed by atoms with Crippen molar-refractivity contribution in [3.63, 3.8) is 0 Å². The Morgan fingerprint density at radius 3 is 2.75 bits per heavy atom. The van der Waals surface area contributed by atoms with Gasteiger partial charge in [0.15, 0.2) is 0 Å². The van der Waals surface area contributed by atoms with Crippen LogP contribution in [0.4, 0.5) is 0 Å². The standard InChI is InChI=1S/C18H22N2/c1-3-20-18(15-9-13(2)11-19-12-15)17-10-16(17)14-7-5-4-6-8-14/h4-9,11-12,16-18,20H,3,10H2,1-2H3. The lowest BCUT2D eigenvalue weighted by molar-refractivity contribution is 0.485. The summed E-state index contributed by atoms with van der Waals surface area (Å²) >= 11 is 0. The Kier molecular flexibility index (Phi) is 3.83. The molecule has 104 valence electrons. The highest BCUT2D eigenvalue weighted by Gasteiger charge is 2.44. The number of nitrogens with zero attached hydrogens (tertiary/aromatic N) is 1. The van der Waals surface area contributed by atoms with Gasteiger partial charge in [-0.05, 0) is 48.4 Å². The minimum absolute atomic E-state index is 0.428. The van der Waals surface area contributed by atoms with Crippen LogP contribution in [0.15, 0.2) is 48.8 Å². The summed E-state index contributed by atoms with van der Waals surface area (Å²) < 4.78 is 0. The number of pyridine rings is 1. The van der Waals surface area contributed by atoms with Gasteiger partial charge in [-0.1, -0.05) is 43.3 Å². The second-order valence-electron chi connectivity index (χ2n) is 5.75. The molecule has 2 nitrogen and oxygen atoms in total. The zero-order chi connectivity index (χ0) is 13.9. The van der Waals surface area contributed by atoms with E-state index in [1.54, 1.807) is 0 Å². The molecule has 0 radical (unpaired) electrons. The summed E-state index contributed by atoms with van der Waals surface area (Å²) in [5.41, 5.74) is 4.04. The highest BCUT2D eigenvalue weighted by Crippen LogP contribution is 2.53. The van der Waals surface area contributed by atoms with Crippen molar-refractivity contribution < 1.29 is 0 Å². The van der Waals surface area contributed by atoms with E-state index in [1.165, 1.54) is 23.1 Å². The van der Waals surface area contributed by atoms with Gasteiger partial charge in [0.1, 0.15) is 0 Å². The van der Waals surface area contributed by atoms with Gasteiger partial charge in [0, 0.05) is 18.4 Å². The van der Waals surface area contributed by atoms with E-state index in [1.807, 2.05) is 12.4 Å². The van der Waals surface area contributed by atoms with Gasteiger partial charge in [0.25, 0.3) is 0 Å². The summed E-state index contributed by atoms with van der Waals surface area (Å²) in [5.74, 6) is 1.39. The molecule has 1 aromatic heterocycles. The van der Waals surface area contributed by atoms with Crippen LogP contribution in [0.1, 0.15) is 42.0 Å². The Morgan fingerprint density at radius 2 is 2.05 bits per heavy atom. The molecule has 1 aromatic carbocycles. The van der Waals surface area contributed by atoms with Crippen LogP contribution in [-0.2, 0) is 0 Å². The lowest BCUT2D eigenvalue weighted by Gasteiger charge is -2.19. The van der Waals surface area contributed by atoms with Crippen LogP contribution in [0.3, 0.4) is 0 Å². The van der Waals surface area contributed by atoms with E-state index in [2.05, 4.69) is 60.5 Å². The second-order valence-corrected chi connectivity index (χ2v) is 5.75. The molecule has 2 aromatic rings. The molecule has 1 heterocycles. The molecule has 1 saturated carbocycles. The summed E-state index contributed by atoms with van der Waals surface area (Å²) in [5, 5.41) is 3.65. The fourth-order valence-corrected chi connectivity index (χ4v) is 3.15. The molecule has 20 heavy (non-hydrogen) atoms. The van der Waals surface area contributed by atoms with E-state index in [0.29, 0.717) is 17.9 Å². The number of aryl methyl sites for hydroxylation is 1. The molecular weight excluding hydrogens is 244 g/mol. The number of hydrogen-bond acceptors (Lipinski definition) is 2. The maximum Gasteiger partial charge on any atom is 0.0370 e. The molecule has 3 rings (SSSR count). The fourth-order valence-electron chi connectivity index (χ4n) is 3.15. The third kappa shape index (κ3) is 2.75. The molecule has 0 saturated heterocycles. The molecule has 1 fully saturated rings. The van der Waals surface area contributed by atoms with Gasteiger partial charge in [-0.3, -0.25) is 4.98 Å². The van der Waals surface area contributed by atoms with Gasteiger partial charge in [-0.2, -0.15) is 0 Å². The summed E-state index contributed by atoms with van der Waals surface area (Å²) in [6.45, 7) is 5.29. The van der Waals surface area contributed by atoms with Gasteiger partial charge in [-0.25, -0.2) is 0 Å². The van der Waals surface area contributed by atoms with Crippen LogP contribution >= 0.6 is 0 Å². The number of benzene rings is 1. The van der Waals surface area contributed by atoms with E-state index in [9.17, 15) is 0 Å². The normalized spacial score (nSPS) is 22.5. The summed E-state index contributed by atoms with van der Waals surface area (Å²) in [6, 6.07) is 13.6. The van der Waals surface area contributed by atoms with Gasteiger partial charge in [-0.15, -0.1) is 0 Å². The molecule has 3 unspecified atom stereocenters. The maximum absolute atomic E-state index is 4.36. The third-order valence-electron chi connectivity index (χ3n) is 4.17. The molecular formula is C18H22N2. The number of aromatic nitrogens is 1. The second kappa shape index (κ2) is 5.76. The van der Waals surface area contributed by atoms with Gasteiger partial charge in [0.05, 0.1) is 0 Å². The molecule has 0 aliphatic heterocycles. The van der Waals surface area contributed by atoms with Crippen molar-refractivity contribution in [3.8, 4) is 0 Å². The zero-order valence-electron chi connectivity index (χ0n) is 12.2. The fraction of sp³-hybridized carbons (Fsp3) is 0.389. The Morgan fingerprint density at radius 1 is 1.25 bits per heavy atom. The smallest absolute Gasteiger partial charge is 0.0370 e. The quantitative estimate of drug-likeness (QED) is 0.889. The highest BCUT2D eigenvalue weighted by atomic mass is 14.9. The molecule has 0 amide bonds. The maximum atomic E-state index is 4.36. The molecule has 3 atom stereocenters. The zero-order valence-corrected chi connectivity index (χ0v) is 12.2. The Bertz CT molecular complexity index is 565. The first-order chi connectivity index (χ1) is 9.79. The Hall–Kier alpha value is -1.67. The summed E-state index contributed by atoms with van der Waals surface area (Å²) in [4.78, 5) is 4.36. The van der Waals surface area contributed by atoms with Crippen LogP contribution in [0.5, 0.6) is 0 Å². The van der Waals surface area contributed by atoms with Crippen LogP contribution in [0.2, 0.25) is 0 Å². The van der Waals surface area contributed by atoms with Crippen LogP contribution < -0.4 is 5.32 Å². The van der Waals surface area contributed by atoms with Gasteiger partial charge in [0.2, 0.25) is 0 Å². The van der Waals surface area contributed by atoms with Crippen molar-refractivity contribution in [2.45, 2.75) is 32.2 Å². The molecule has 1 N–H and O–H groups in total. The van der Waals surface area contributed by atoms with Gasteiger partial charge >= 0.3 is 0 Å². The highest BCUT2D eigenvalue weighted by molar-refractivity contribution is 5.30. The first-order valence-corrected chi connectivity index (χ1v) is 7.49. The van der Waals surface area contributed by atoms with Crippen molar-refractivity contribution in [1.82, 2.24) is 10.3 Å². The van der Waals surface area contributed by atoms with E-state index >= 15 is 0 Å². The number of nitrogens with one attached hydrogen (secondary N) is 1. The van der Waals surface area contributed by atoms with Crippen molar-refractivity contribution >= 4 is 0 Å². The van der Waals surface area contributed by atoms with Crippen molar-refractivity contribution in [2.75, 3.05) is 6.54 Å². The lowest BCUT2D eigenvalue weighted by Crippen LogP contribution is -2.23. The monoisotopic (exact) mass is 266 g/mol. The van der Waals surface area contributed by atoms with Gasteiger partial charge < -0.3 is 5.32 Å². The predicted octanol–water partition coefficient (Wildman–Crippen LogP) is 3.84. The van der Waals surface area contributed by atoms with E-state index in [0.717, 1.165) is 6.54 Å². The first-order valence-electron chi connectivity index (χ1n) is 7.49. The Balaban J connectivity index is 1.80. The van der Waals surface area contributed by atoms with Crippen LogP contribution in [0, 0.1) is 12.8 Å². The number of hydrogen-bond donors (Lipinski definition) is 1. The van der Waals surface area contributed by atoms with Crippen molar-refractivity contribution in [1.29, 1.82) is 0 Å². The Labute approximate surface area is 121 Å². The first kappa shape index (κ1) is 13.3. The average Bonchev–Trinajstić information content (AvgIpc) is 3.26. The van der Waals surface area contributed by atoms with E-state index < -0.39 is 0 Å². The van der Waals surface area contributed by atoms with Crippen LogP contribution in [0.25, 0.3) is 0 Å². The molecule has 0 spiro atoms. The SMILES string of the molecule is CCNC(c1cncc(C)c1)C1CC1c1ccccc1. The van der Waals surface area contributed by atoms with Crippen molar-refractivity contribution in [2.24, 2.45) is 5.92 Å². The third-order valence-corrected chi connectivity index (χ3v) is 4.17. The van der Waals surface area contributed by atoms with E-state index in [-0.39, 0.29) is 0 Å². The predicted molar refractivity (Wildman–Crippen MR) is 82.7 cm³/mol.